The third kappa shape index (κ3) is 7.44. The Morgan fingerprint density at radius 2 is 1.50 bits per heavy atom. The van der Waals surface area contributed by atoms with Crippen molar-refractivity contribution in [3.05, 3.63) is 14.9 Å². The van der Waals surface area contributed by atoms with E-state index in [-0.39, 0.29) is 14.9 Å². The molecule has 3 aliphatic rings. The molecular weight excluding hydrogens is 586 g/mol. The molecular formula is C24H49BrCl2Si2Zr. The van der Waals surface area contributed by atoms with Gasteiger partial charge in [0.05, 0.1) is 0 Å². The third-order valence-electron chi connectivity index (χ3n) is 9.48. The van der Waals surface area contributed by atoms with E-state index in [9.17, 15) is 0 Å². The van der Waals surface area contributed by atoms with Crippen LogP contribution in [0.3, 0.4) is 0 Å². The molecule has 0 heterocycles. The molecule has 6 unspecified atom stereocenters. The SMILES string of the molecule is CCCCC1CCC([Si](C)(C)[Si](C)(C)C2CCC3C(Br)CCCC32)C1.[CH3-].[CH3-].[Cl][Zr+2][Cl]. The predicted molar refractivity (Wildman–Crippen MR) is 147 cm³/mol. The molecule has 0 N–H and O–H groups in total. The van der Waals surface area contributed by atoms with Crippen LogP contribution in [-0.2, 0) is 20.8 Å². The van der Waals surface area contributed by atoms with Crippen molar-refractivity contribution in [2.24, 2.45) is 17.8 Å². The molecule has 0 nitrogen and oxygen atoms in total. The molecule has 3 fully saturated rings. The van der Waals surface area contributed by atoms with Crippen LogP contribution in [0.5, 0.6) is 0 Å². The molecule has 0 saturated heterocycles. The maximum atomic E-state index is 4.93. The van der Waals surface area contributed by atoms with E-state index in [0.717, 1.165) is 33.7 Å². The second-order valence-electron chi connectivity index (χ2n) is 11.0. The van der Waals surface area contributed by atoms with E-state index < -0.39 is 36.0 Å². The topological polar surface area (TPSA) is 0 Å². The monoisotopic (exact) mass is 632 g/mol. The van der Waals surface area contributed by atoms with Crippen molar-refractivity contribution in [1.82, 2.24) is 0 Å². The Morgan fingerprint density at radius 1 is 0.867 bits per heavy atom. The van der Waals surface area contributed by atoms with Crippen molar-refractivity contribution in [3.8, 4) is 0 Å². The molecule has 0 bridgehead atoms. The molecule has 3 rings (SSSR count). The van der Waals surface area contributed by atoms with Crippen LogP contribution in [0.15, 0.2) is 0 Å². The molecule has 0 amide bonds. The van der Waals surface area contributed by atoms with Crippen molar-refractivity contribution >= 4 is 48.1 Å². The number of unbranched alkanes of at least 4 members (excludes halogenated alkanes) is 1. The van der Waals surface area contributed by atoms with Gasteiger partial charge < -0.3 is 14.9 Å². The van der Waals surface area contributed by atoms with Crippen molar-refractivity contribution < 1.29 is 20.8 Å². The zero-order chi connectivity index (χ0) is 20.9. The molecule has 0 radical (unpaired) electrons. The Bertz CT molecular complexity index is 478. The standard InChI is InChI=1S/C22H43BrSi2.2CH3.2ClH.Zr/c1-6-7-9-17-12-13-18(16-17)24(2,3)25(4,5)22-15-14-19-20(22)10-8-11-21(19)23;;;;;/h17-22H,6-16H2,1-5H3;2*1H3;2*1H;/q;2*-1;;;+4/p-2. The Labute approximate surface area is 219 Å². The van der Waals surface area contributed by atoms with E-state index in [1.165, 1.54) is 38.5 Å². The number of fused-ring (bicyclic) bond motifs is 1. The van der Waals surface area contributed by atoms with Crippen LogP contribution in [0.2, 0.25) is 37.3 Å². The van der Waals surface area contributed by atoms with Gasteiger partial charge in [0.25, 0.3) is 0 Å². The molecule has 30 heavy (non-hydrogen) atoms. The number of hydrogen-bond donors (Lipinski definition) is 0. The van der Waals surface area contributed by atoms with Gasteiger partial charge in [-0.3, -0.25) is 0 Å². The first-order valence-electron chi connectivity index (χ1n) is 11.8. The average Bonchev–Trinajstić information content (AvgIpc) is 3.29. The van der Waals surface area contributed by atoms with Crippen molar-refractivity contribution in [1.29, 1.82) is 0 Å². The van der Waals surface area contributed by atoms with Gasteiger partial charge in [-0.25, -0.2) is 0 Å². The first-order valence-corrected chi connectivity index (χ1v) is 26.2. The predicted octanol–water partition coefficient (Wildman–Crippen LogP) is 10.5. The normalized spacial score (nSPS) is 33.3. The van der Waals surface area contributed by atoms with E-state index in [1.807, 2.05) is 0 Å². The number of hydrogen-bond acceptors (Lipinski definition) is 0. The van der Waals surface area contributed by atoms with Gasteiger partial charge in [-0.05, 0) is 41.7 Å². The van der Waals surface area contributed by atoms with Crippen LogP contribution in [0.25, 0.3) is 0 Å². The molecule has 6 heteroatoms. The van der Waals surface area contributed by atoms with E-state index >= 15 is 0 Å². The first-order chi connectivity index (χ1) is 13.2. The fourth-order valence-electron chi connectivity index (χ4n) is 7.11. The van der Waals surface area contributed by atoms with Gasteiger partial charge in [-0.2, -0.15) is 0 Å². The molecule has 0 aromatic carbocycles. The van der Waals surface area contributed by atoms with Gasteiger partial charge in [0.15, 0.2) is 0 Å². The summed E-state index contributed by atoms with van der Waals surface area (Å²) in [4.78, 5) is 0.843. The van der Waals surface area contributed by atoms with Crippen LogP contribution in [-0.4, -0.2) is 20.0 Å². The zero-order valence-electron chi connectivity index (χ0n) is 20.9. The van der Waals surface area contributed by atoms with Crippen LogP contribution in [0, 0.1) is 32.6 Å². The van der Waals surface area contributed by atoms with Crippen LogP contribution in [0.4, 0.5) is 0 Å². The summed E-state index contributed by atoms with van der Waals surface area (Å²) in [5.74, 6) is 3.19. The van der Waals surface area contributed by atoms with Gasteiger partial charge in [-0.15, -0.1) is 0 Å². The van der Waals surface area contributed by atoms with E-state index in [1.54, 1.807) is 32.1 Å². The Balaban J connectivity index is 0.00000159. The van der Waals surface area contributed by atoms with Crippen molar-refractivity contribution in [2.75, 3.05) is 0 Å². The van der Waals surface area contributed by atoms with E-state index in [0.29, 0.717) is 0 Å². The Hall–Kier alpha value is 2.38. The summed E-state index contributed by atoms with van der Waals surface area (Å²) >= 11 is 3.24. The minimum atomic E-state index is -1.14. The van der Waals surface area contributed by atoms with E-state index in [2.05, 4.69) is 49.0 Å². The zero-order valence-corrected chi connectivity index (χ0v) is 28.4. The van der Waals surface area contributed by atoms with Gasteiger partial charge in [0.1, 0.15) is 0 Å². The van der Waals surface area contributed by atoms with Gasteiger partial charge in [0.2, 0.25) is 0 Å². The Morgan fingerprint density at radius 3 is 2.10 bits per heavy atom. The molecule has 3 saturated carbocycles. The molecule has 0 aliphatic heterocycles. The van der Waals surface area contributed by atoms with Crippen molar-refractivity contribution in [3.63, 3.8) is 0 Å². The molecule has 0 spiro atoms. The minimum absolute atomic E-state index is 0. The summed E-state index contributed by atoms with van der Waals surface area (Å²) in [6, 6.07) is 0. The van der Waals surface area contributed by atoms with Crippen LogP contribution >= 0.6 is 33.0 Å². The summed E-state index contributed by atoms with van der Waals surface area (Å²) in [6.07, 6.45) is 16.8. The molecule has 0 aromatic rings. The number of halogens is 3. The fraction of sp³-hybridized carbons (Fsp3) is 0.917. The molecule has 6 atom stereocenters. The van der Waals surface area contributed by atoms with Gasteiger partial charge >= 0.3 is 37.9 Å². The fourth-order valence-corrected chi connectivity index (χ4v) is 22.2. The second-order valence-corrected chi connectivity index (χ2v) is 32.1. The second kappa shape index (κ2) is 14.7. The van der Waals surface area contributed by atoms with Crippen LogP contribution in [0.1, 0.15) is 77.6 Å². The Kier molecular flexibility index (Phi) is 15.9. The average molecular weight is 636 g/mol. The quantitative estimate of drug-likeness (QED) is 0.155. The molecule has 0 aromatic heterocycles. The van der Waals surface area contributed by atoms with Gasteiger partial charge in [-0.1, -0.05) is 107 Å². The summed E-state index contributed by atoms with van der Waals surface area (Å²) in [5, 5.41) is 0. The maximum absolute atomic E-state index is 4.93. The van der Waals surface area contributed by atoms with E-state index in [4.69, 9.17) is 17.0 Å². The summed E-state index contributed by atoms with van der Waals surface area (Å²) in [6.45, 7) is 13.7. The summed E-state index contributed by atoms with van der Waals surface area (Å²) in [7, 11) is 7.61. The summed E-state index contributed by atoms with van der Waals surface area (Å²) < 4.78 is 0. The number of rotatable bonds is 6. The first kappa shape index (κ1) is 32.4. The molecule has 3 aliphatic carbocycles. The summed E-state index contributed by atoms with van der Waals surface area (Å²) in [5.41, 5.74) is 2.30. The van der Waals surface area contributed by atoms with Crippen LogP contribution < -0.4 is 0 Å². The molecule has 178 valence electrons. The number of alkyl halides is 1. The third-order valence-corrected chi connectivity index (χ3v) is 31.4. The van der Waals surface area contributed by atoms with Crippen molar-refractivity contribution in [2.45, 2.75) is 120 Å². The van der Waals surface area contributed by atoms with Gasteiger partial charge in [0, 0.05) is 20.0 Å².